The van der Waals surface area contributed by atoms with E-state index in [9.17, 15) is 33.9 Å². The summed E-state index contributed by atoms with van der Waals surface area (Å²) in [6, 6.07) is -5.09. The fraction of sp³-hybridized carbons (Fsp3) is 0.571. The second-order valence-corrected chi connectivity index (χ2v) is 9.04. The Bertz CT molecular complexity index is 943. The number of carbonyl (C=O) groups is 6. The number of nitrogens with zero attached hydrogens (tertiary/aromatic N) is 1. The molecule has 4 atom stereocenters. The molecular formula is C21H32N6O9S. The van der Waals surface area contributed by atoms with Gasteiger partial charge in [0.2, 0.25) is 17.7 Å². The molecule has 1 rings (SSSR count). The van der Waals surface area contributed by atoms with E-state index in [0.717, 1.165) is 0 Å². The zero-order chi connectivity index (χ0) is 28.0. The molecule has 1 aromatic heterocycles. The van der Waals surface area contributed by atoms with E-state index >= 15 is 0 Å². The Labute approximate surface area is 216 Å². The molecule has 0 fully saturated rings. The maximum absolute atomic E-state index is 13.1. The number of carboxylic acid groups (broad SMARTS) is 3. The second kappa shape index (κ2) is 16.2. The van der Waals surface area contributed by atoms with Crippen molar-refractivity contribution in [1.82, 2.24) is 25.9 Å². The summed E-state index contributed by atoms with van der Waals surface area (Å²) >= 11 is 1.40. The number of nitrogens with two attached hydrogens (primary N) is 1. The molecule has 16 heteroatoms. The van der Waals surface area contributed by atoms with E-state index in [1.165, 1.54) is 24.3 Å². The second-order valence-electron chi connectivity index (χ2n) is 8.06. The van der Waals surface area contributed by atoms with E-state index < -0.39 is 66.2 Å². The van der Waals surface area contributed by atoms with Gasteiger partial charge in [0.15, 0.2) is 0 Å². The minimum Gasteiger partial charge on any atom is -0.481 e. The van der Waals surface area contributed by atoms with Gasteiger partial charge < -0.3 is 42.0 Å². The lowest BCUT2D eigenvalue weighted by Gasteiger charge is -2.25. The first-order valence-electron chi connectivity index (χ1n) is 11.2. The number of hydrogen-bond donors (Lipinski definition) is 8. The quantitative estimate of drug-likeness (QED) is 0.103. The van der Waals surface area contributed by atoms with Crippen LogP contribution in [0.15, 0.2) is 12.5 Å². The lowest BCUT2D eigenvalue weighted by Crippen LogP contribution is -2.57. The molecule has 4 unspecified atom stereocenters. The summed E-state index contributed by atoms with van der Waals surface area (Å²) in [6.07, 6.45) is 3.24. The molecular weight excluding hydrogens is 512 g/mol. The van der Waals surface area contributed by atoms with Gasteiger partial charge in [-0.25, -0.2) is 9.78 Å². The molecule has 206 valence electrons. The van der Waals surface area contributed by atoms with Gasteiger partial charge >= 0.3 is 17.9 Å². The van der Waals surface area contributed by atoms with Crippen molar-refractivity contribution in [3.63, 3.8) is 0 Å². The van der Waals surface area contributed by atoms with Gasteiger partial charge in [0.1, 0.15) is 18.1 Å². The SMILES string of the molecule is CSCCC(NC(=O)C(N)CCC(=O)O)C(=O)NC(Cc1cnc[nH]1)C(=O)NC(CCC(=O)O)C(=O)O. The first kappa shape index (κ1) is 31.4. The fourth-order valence-corrected chi connectivity index (χ4v) is 3.56. The summed E-state index contributed by atoms with van der Waals surface area (Å²) in [5, 5.41) is 34.2. The van der Waals surface area contributed by atoms with Gasteiger partial charge in [-0.2, -0.15) is 11.8 Å². The summed E-state index contributed by atoms with van der Waals surface area (Å²) in [5.41, 5.74) is 6.17. The van der Waals surface area contributed by atoms with Crippen LogP contribution in [0, 0.1) is 0 Å². The number of carboxylic acids is 3. The van der Waals surface area contributed by atoms with Crippen LogP contribution in [0.3, 0.4) is 0 Å². The van der Waals surface area contributed by atoms with E-state index in [4.69, 9.17) is 15.9 Å². The Morgan fingerprint density at radius 1 is 0.892 bits per heavy atom. The predicted molar refractivity (Wildman–Crippen MR) is 130 cm³/mol. The van der Waals surface area contributed by atoms with Gasteiger partial charge in [0, 0.05) is 31.2 Å². The Kier molecular flexibility index (Phi) is 13.7. The van der Waals surface area contributed by atoms with Gasteiger partial charge in [0.05, 0.1) is 12.4 Å². The number of hydrogen-bond acceptors (Lipinski definition) is 9. The Morgan fingerprint density at radius 3 is 2.00 bits per heavy atom. The highest BCUT2D eigenvalue weighted by atomic mass is 32.2. The highest BCUT2D eigenvalue weighted by Crippen LogP contribution is 2.07. The molecule has 37 heavy (non-hydrogen) atoms. The van der Waals surface area contributed by atoms with Gasteiger partial charge in [0.25, 0.3) is 0 Å². The van der Waals surface area contributed by atoms with Crippen LogP contribution in [-0.2, 0) is 35.2 Å². The van der Waals surface area contributed by atoms with Crippen LogP contribution in [0.1, 0.15) is 37.8 Å². The van der Waals surface area contributed by atoms with Crippen molar-refractivity contribution < 1.29 is 44.1 Å². The smallest absolute Gasteiger partial charge is 0.326 e. The summed E-state index contributed by atoms with van der Waals surface area (Å²) < 4.78 is 0. The average molecular weight is 545 g/mol. The molecule has 0 saturated carbocycles. The topological polar surface area (TPSA) is 254 Å². The molecule has 1 heterocycles. The van der Waals surface area contributed by atoms with Gasteiger partial charge in [-0.3, -0.25) is 24.0 Å². The molecule has 0 aliphatic heterocycles. The maximum atomic E-state index is 13.1. The first-order valence-corrected chi connectivity index (χ1v) is 12.6. The van der Waals surface area contributed by atoms with Gasteiger partial charge in [-0.15, -0.1) is 0 Å². The van der Waals surface area contributed by atoms with Crippen molar-refractivity contribution in [3.8, 4) is 0 Å². The summed E-state index contributed by atoms with van der Waals surface area (Å²) in [7, 11) is 0. The zero-order valence-electron chi connectivity index (χ0n) is 20.1. The highest BCUT2D eigenvalue weighted by molar-refractivity contribution is 7.98. The van der Waals surface area contributed by atoms with Crippen LogP contribution in [0.5, 0.6) is 0 Å². The van der Waals surface area contributed by atoms with Crippen molar-refractivity contribution in [2.24, 2.45) is 5.73 Å². The minimum absolute atomic E-state index is 0.107. The van der Waals surface area contributed by atoms with E-state index in [0.29, 0.717) is 11.4 Å². The van der Waals surface area contributed by atoms with Crippen LogP contribution in [-0.4, -0.2) is 97.1 Å². The Morgan fingerprint density at radius 2 is 1.46 bits per heavy atom. The molecule has 1 aromatic rings. The largest absolute Gasteiger partial charge is 0.481 e. The standard InChI is InChI=1S/C21H32N6O9S/c1-37-7-6-13(25-18(32)12(22)2-4-16(28)29)19(33)27-15(8-11-9-23-10-24-11)20(34)26-14(21(35)36)3-5-17(30)31/h9-10,12-15H,2-8,22H2,1H3,(H,23,24)(H,25,32)(H,26,34)(H,27,33)(H,28,29)(H,30,31)(H,35,36). The molecule has 0 spiro atoms. The summed E-state index contributed by atoms with van der Waals surface area (Å²) in [5.74, 6) is -5.72. The van der Waals surface area contributed by atoms with E-state index in [2.05, 4.69) is 25.9 Å². The lowest BCUT2D eigenvalue weighted by molar-refractivity contribution is -0.143. The summed E-state index contributed by atoms with van der Waals surface area (Å²) in [6.45, 7) is 0. The third-order valence-electron chi connectivity index (χ3n) is 5.12. The van der Waals surface area contributed by atoms with Crippen LogP contribution in [0.25, 0.3) is 0 Å². The zero-order valence-corrected chi connectivity index (χ0v) is 21.0. The molecule has 0 aliphatic carbocycles. The number of H-pyrrole nitrogens is 1. The third kappa shape index (κ3) is 12.2. The van der Waals surface area contributed by atoms with E-state index in [1.54, 1.807) is 6.26 Å². The average Bonchev–Trinajstić information content (AvgIpc) is 3.34. The molecule has 3 amide bonds. The molecule has 15 nitrogen and oxygen atoms in total. The maximum Gasteiger partial charge on any atom is 0.326 e. The number of rotatable bonds is 18. The number of carbonyl (C=O) groups excluding carboxylic acids is 3. The van der Waals surface area contributed by atoms with Crippen LogP contribution >= 0.6 is 11.8 Å². The Balaban J connectivity index is 3.02. The number of thioether (sulfide) groups is 1. The fourth-order valence-electron chi connectivity index (χ4n) is 3.09. The molecule has 0 radical (unpaired) electrons. The van der Waals surface area contributed by atoms with E-state index in [1.807, 2.05) is 0 Å². The number of aromatic nitrogens is 2. The predicted octanol–water partition coefficient (Wildman–Crippen LogP) is -1.70. The van der Waals surface area contributed by atoms with E-state index in [-0.39, 0.29) is 32.1 Å². The monoisotopic (exact) mass is 544 g/mol. The minimum atomic E-state index is -1.51. The number of aromatic amines is 1. The molecule has 0 aromatic carbocycles. The lowest BCUT2D eigenvalue weighted by atomic mass is 10.1. The first-order chi connectivity index (χ1) is 17.4. The molecule has 0 aliphatic rings. The highest BCUT2D eigenvalue weighted by Gasteiger charge is 2.31. The van der Waals surface area contributed by atoms with Crippen LogP contribution < -0.4 is 21.7 Å². The Hall–Kier alpha value is -3.66. The van der Waals surface area contributed by atoms with Crippen molar-refractivity contribution in [2.75, 3.05) is 12.0 Å². The van der Waals surface area contributed by atoms with Crippen molar-refractivity contribution in [1.29, 1.82) is 0 Å². The molecule has 9 N–H and O–H groups in total. The van der Waals surface area contributed by atoms with Crippen LogP contribution in [0.2, 0.25) is 0 Å². The third-order valence-corrected chi connectivity index (χ3v) is 5.77. The number of nitrogens with one attached hydrogen (secondary N) is 4. The normalized spacial score (nSPS) is 14.0. The van der Waals surface area contributed by atoms with Crippen molar-refractivity contribution >= 4 is 47.4 Å². The van der Waals surface area contributed by atoms with Gasteiger partial charge in [-0.05, 0) is 31.3 Å². The number of imidazole rings is 1. The van der Waals surface area contributed by atoms with Crippen molar-refractivity contribution in [3.05, 3.63) is 18.2 Å². The van der Waals surface area contributed by atoms with Crippen LogP contribution in [0.4, 0.5) is 0 Å². The molecule has 0 saturated heterocycles. The number of amides is 3. The van der Waals surface area contributed by atoms with Gasteiger partial charge in [-0.1, -0.05) is 0 Å². The van der Waals surface area contributed by atoms with Crippen molar-refractivity contribution in [2.45, 2.75) is 62.7 Å². The number of aliphatic carboxylic acids is 3. The molecule has 0 bridgehead atoms. The summed E-state index contributed by atoms with van der Waals surface area (Å²) in [4.78, 5) is 78.1.